The van der Waals surface area contributed by atoms with Gasteiger partial charge in [-0.05, 0) is 25.0 Å². The number of fused-ring (bicyclic) bond motifs is 1. The van der Waals surface area contributed by atoms with Crippen LogP contribution in [0.1, 0.15) is 12.8 Å². The van der Waals surface area contributed by atoms with Gasteiger partial charge in [0.1, 0.15) is 5.75 Å². The van der Waals surface area contributed by atoms with Crippen LogP contribution in [0.4, 0.5) is 5.13 Å². The lowest BCUT2D eigenvalue weighted by atomic mass is 10.3. The number of rotatable bonds is 3. The summed E-state index contributed by atoms with van der Waals surface area (Å²) in [6, 6.07) is 5.73. The molecule has 0 radical (unpaired) electrons. The summed E-state index contributed by atoms with van der Waals surface area (Å²) in [5, 5.41) is 3.53. The zero-order chi connectivity index (χ0) is 11.8. The van der Waals surface area contributed by atoms with E-state index in [4.69, 9.17) is 4.74 Å². The molecule has 1 N–H and O–H groups in total. The molecule has 1 saturated carbocycles. The Morgan fingerprint density at radius 2 is 2.35 bits per heavy atom. The Hall–Kier alpha value is -1.62. The number of amides is 1. The summed E-state index contributed by atoms with van der Waals surface area (Å²) < 4.78 is 6.19. The van der Waals surface area contributed by atoms with Crippen LogP contribution in [-0.4, -0.2) is 18.0 Å². The molecule has 0 unspecified atom stereocenters. The van der Waals surface area contributed by atoms with Crippen LogP contribution in [0, 0.1) is 5.92 Å². The minimum absolute atomic E-state index is 0.0935. The van der Waals surface area contributed by atoms with Gasteiger partial charge in [0, 0.05) is 12.0 Å². The van der Waals surface area contributed by atoms with E-state index in [-0.39, 0.29) is 11.8 Å². The summed E-state index contributed by atoms with van der Waals surface area (Å²) in [4.78, 5) is 16.0. The summed E-state index contributed by atoms with van der Waals surface area (Å²) in [5.74, 6) is 1.08. The number of carbonyl (C=O) groups excluding carboxylic acids is 1. The molecule has 0 aliphatic heterocycles. The molecule has 1 aromatic carbocycles. The van der Waals surface area contributed by atoms with Crippen molar-refractivity contribution in [2.75, 3.05) is 12.4 Å². The van der Waals surface area contributed by atoms with Crippen LogP contribution in [-0.2, 0) is 4.79 Å². The average molecular weight is 248 g/mol. The van der Waals surface area contributed by atoms with Crippen LogP contribution >= 0.6 is 11.3 Å². The Labute approximate surface area is 103 Å². The van der Waals surface area contributed by atoms with Crippen molar-refractivity contribution < 1.29 is 9.53 Å². The molecule has 1 fully saturated rings. The Balaban J connectivity index is 1.87. The molecule has 5 heteroatoms. The smallest absolute Gasteiger partial charge is 0.229 e. The van der Waals surface area contributed by atoms with Gasteiger partial charge in [-0.2, -0.15) is 0 Å². The molecular weight excluding hydrogens is 236 g/mol. The second kappa shape index (κ2) is 4.00. The van der Waals surface area contributed by atoms with Gasteiger partial charge in [0.05, 0.1) is 17.3 Å². The molecule has 0 saturated heterocycles. The second-order valence-corrected chi connectivity index (χ2v) is 5.15. The van der Waals surface area contributed by atoms with Crippen LogP contribution in [0.25, 0.3) is 10.2 Å². The minimum Gasteiger partial charge on any atom is -0.497 e. The van der Waals surface area contributed by atoms with E-state index in [1.165, 1.54) is 11.3 Å². The Bertz CT molecular complexity index is 575. The number of aromatic nitrogens is 1. The third-order valence-electron chi connectivity index (χ3n) is 2.77. The third kappa shape index (κ3) is 2.10. The maximum absolute atomic E-state index is 11.6. The van der Waals surface area contributed by atoms with Crippen LogP contribution in [0.15, 0.2) is 18.2 Å². The number of ether oxygens (including phenoxy) is 1. The highest BCUT2D eigenvalue weighted by Crippen LogP contribution is 2.33. The zero-order valence-electron chi connectivity index (χ0n) is 9.40. The molecule has 0 atom stereocenters. The van der Waals surface area contributed by atoms with Gasteiger partial charge < -0.3 is 10.1 Å². The molecule has 1 aliphatic rings. The van der Waals surface area contributed by atoms with E-state index < -0.39 is 0 Å². The summed E-state index contributed by atoms with van der Waals surface area (Å²) in [5.41, 5.74) is 0.862. The topological polar surface area (TPSA) is 51.2 Å². The largest absolute Gasteiger partial charge is 0.497 e. The maximum atomic E-state index is 11.6. The first kappa shape index (κ1) is 10.5. The van der Waals surface area contributed by atoms with E-state index >= 15 is 0 Å². The number of anilines is 1. The van der Waals surface area contributed by atoms with E-state index in [1.54, 1.807) is 7.11 Å². The quantitative estimate of drug-likeness (QED) is 0.908. The van der Waals surface area contributed by atoms with Crippen molar-refractivity contribution in [3.8, 4) is 5.75 Å². The van der Waals surface area contributed by atoms with Gasteiger partial charge >= 0.3 is 0 Å². The summed E-state index contributed by atoms with van der Waals surface area (Å²) in [6.45, 7) is 0. The molecule has 1 heterocycles. The van der Waals surface area contributed by atoms with Gasteiger partial charge in [0.15, 0.2) is 5.13 Å². The first-order valence-corrected chi connectivity index (χ1v) is 6.33. The van der Waals surface area contributed by atoms with E-state index in [0.29, 0.717) is 5.13 Å². The number of nitrogens with one attached hydrogen (secondary N) is 1. The Morgan fingerprint density at radius 1 is 1.53 bits per heavy atom. The number of hydrogen-bond acceptors (Lipinski definition) is 4. The van der Waals surface area contributed by atoms with E-state index in [2.05, 4.69) is 10.3 Å². The fraction of sp³-hybridized carbons (Fsp3) is 0.333. The second-order valence-electron chi connectivity index (χ2n) is 4.12. The maximum Gasteiger partial charge on any atom is 0.229 e. The van der Waals surface area contributed by atoms with Gasteiger partial charge in [0.25, 0.3) is 0 Å². The summed E-state index contributed by atoms with van der Waals surface area (Å²) in [6.07, 6.45) is 2.01. The molecule has 1 aromatic heterocycles. The molecule has 1 aliphatic carbocycles. The molecule has 88 valence electrons. The molecule has 1 amide bonds. The number of benzene rings is 1. The van der Waals surface area contributed by atoms with Crippen molar-refractivity contribution in [1.29, 1.82) is 0 Å². The monoisotopic (exact) mass is 248 g/mol. The van der Waals surface area contributed by atoms with Crippen molar-refractivity contribution in [3.05, 3.63) is 18.2 Å². The van der Waals surface area contributed by atoms with Crippen molar-refractivity contribution in [2.24, 2.45) is 5.92 Å². The lowest BCUT2D eigenvalue weighted by Gasteiger charge is -1.97. The first-order chi connectivity index (χ1) is 8.26. The van der Waals surface area contributed by atoms with E-state index in [1.807, 2.05) is 18.2 Å². The Morgan fingerprint density at radius 3 is 3.06 bits per heavy atom. The van der Waals surface area contributed by atoms with Crippen LogP contribution < -0.4 is 10.1 Å². The average Bonchev–Trinajstić information content (AvgIpc) is 3.10. The van der Waals surface area contributed by atoms with Gasteiger partial charge in [-0.15, -0.1) is 0 Å². The fourth-order valence-corrected chi connectivity index (χ4v) is 2.49. The number of carbonyl (C=O) groups is 1. The predicted octanol–water partition coefficient (Wildman–Crippen LogP) is 2.65. The minimum atomic E-state index is 0.0935. The molecular formula is C12H12N2O2S. The van der Waals surface area contributed by atoms with Gasteiger partial charge in [-0.1, -0.05) is 11.3 Å². The van der Waals surface area contributed by atoms with Crippen LogP contribution in [0.2, 0.25) is 0 Å². The highest BCUT2D eigenvalue weighted by Gasteiger charge is 2.30. The van der Waals surface area contributed by atoms with Crippen LogP contribution in [0.5, 0.6) is 5.75 Å². The molecule has 0 bridgehead atoms. The molecule has 3 rings (SSSR count). The summed E-state index contributed by atoms with van der Waals surface area (Å²) >= 11 is 1.49. The lowest BCUT2D eigenvalue weighted by Crippen LogP contribution is -2.12. The lowest BCUT2D eigenvalue weighted by molar-refractivity contribution is -0.117. The van der Waals surface area contributed by atoms with Crippen molar-refractivity contribution in [1.82, 2.24) is 4.98 Å². The van der Waals surface area contributed by atoms with Crippen LogP contribution in [0.3, 0.4) is 0 Å². The fourth-order valence-electron chi connectivity index (χ4n) is 1.64. The Kier molecular flexibility index (Phi) is 2.48. The number of thiazole rings is 1. The van der Waals surface area contributed by atoms with Gasteiger partial charge in [-0.25, -0.2) is 4.98 Å². The standard InChI is InChI=1S/C12H12N2O2S/c1-16-8-4-5-10-9(6-8)13-12(17-10)14-11(15)7-2-3-7/h4-7H,2-3H2,1H3,(H,13,14,15). The molecule has 4 nitrogen and oxygen atoms in total. The molecule has 17 heavy (non-hydrogen) atoms. The highest BCUT2D eigenvalue weighted by molar-refractivity contribution is 7.22. The van der Waals surface area contributed by atoms with E-state index in [9.17, 15) is 4.79 Å². The predicted molar refractivity (Wildman–Crippen MR) is 67.5 cm³/mol. The summed E-state index contributed by atoms with van der Waals surface area (Å²) in [7, 11) is 1.63. The van der Waals surface area contributed by atoms with Gasteiger partial charge in [0.2, 0.25) is 5.91 Å². The van der Waals surface area contributed by atoms with Crippen molar-refractivity contribution in [2.45, 2.75) is 12.8 Å². The van der Waals surface area contributed by atoms with E-state index in [0.717, 1.165) is 28.8 Å². The SMILES string of the molecule is COc1ccc2sc(NC(=O)C3CC3)nc2c1. The molecule has 0 spiro atoms. The number of nitrogens with zero attached hydrogens (tertiary/aromatic N) is 1. The first-order valence-electron chi connectivity index (χ1n) is 5.52. The number of hydrogen-bond donors (Lipinski definition) is 1. The third-order valence-corrected chi connectivity index (χ3v) is 3.72. The van der Waals surface area contributed by atoms with Gasteiger partial charge in [-0.3, -0.25) is 4.79 Å². The molecule has 2 aromatic rings. The van der Waals surface area contributed by atoms with Crippen molar-refractivity contribution in [3.63, 3.8) is 0 Å². The van der Waals surface area contributed by atoms with Crippen molar-refractivity contribution >= 4 is 32.6 Å². The highest BCUT2D eigenvalue weighted by atomic mass is 32.1. The number of methoxy groups -OCH3 is 1. The zero-order valence-corrected chi connectivity index (χ0v) is 10.2. The normalized spacial score (nSPS) is 14.9.